The lowest BCUT2D eigenvalue weighted by atomic mass is 9.52. The van der Waals surface area contributed by atoms with Crippen LogP contribution < -0.4 is 0 Å². The van der Waals surface area contributed by atoms with Crippen LogP contribution in [0.3, 0.4) is 0 Å². The maximum Gasteiger partial charge on any atom is 0.115 e. The Hall–Kier alpha value is -0.730. The predicted octanol–water partition coefficient (Wildman–Crippen LogP) is 5.45. The van der Waals surface area contributed by atoms with Gasteiger partial charge in [0.25, 0.3) is 0 Å². The third-order valence-electron chi connectivity index (χ3n) is 7.23. The summed E-state index contributed by atoms with van der Waals surface area (Å²) in [5.74, 6) is 1.29. The molecule has 3 heteroatoms. The first-order chi connectivity index (χ1) is 11.7. The molecular weight excluding hydrogens is 330 g/mol. The molecule has 2 aliphatic carbocycles. The Labute approximate surface area is 159 Å². The second-order valence-electron chi connectivity index (χ2n) is 8.47. The molecule has 0 aromatic heterocycles. The molecule has 0 radical (unpaired) electrons. The van der Waals surface area contributed by atoms with Crippen LogP contribution in [0.4, 0.5) is 0 Å². The van der Waals surface area contributed by atoms with E-state index in [0.717, 1.165) is 12.0 Å². The molecule has 2 fully saturated rings. The van der Waals surface area contributed by atoms with Gasteiger partial charge in [-0.3, -0.25) is 4.90 Å². The number of nitrogens with zero attached hydrogens (tertiary/aromatic N) is 1. The third kappa shape index (κ3) is 3.32. The van der Waals surface area contributed by atoms with Crippen molar-refractivity contribution in [2.75, 3.05) is 13.1 Å². The fourth-order valence-electron chi connectivity index (χ4n) is 6.09. The first-order valence-electron chi connectivity index (χ1n) is 10.3. The van der Waals surface area contributed by atoms with Gasteiger partial charge in [0.1, 0.15) is 5.75 Å². The van der Waals surface area contributed by atoms with Gasteiger partial charge in [0.05, 0.1) is 0 Å². The molecule has 1 aromatic rings. The van der Waals surface area contributed by atoms with Crippen molar-refractivity contribution in [1.82, 2.24) is 4.90 Å². The Kier molecular flexibility index (Phi) is 6.00. The molecule has 140 valence electrons. The highest BCUT2D eigenvalue weighted by Crippen LogP contribution is 2.56. The van der Waals surface area contributed by atoms with E-state index in [1.54, 1.807) is 0 Å². The van der Waals surface area contributed by atoms with Crippen molar-refractivity contribution >= 4 is 12.4 Å². The van der Waals surface area contributed by atoms with E-state index in [0.29, 0.717) is 11.2 Å². The standard InChI is InChI=1S/C22H33NO.ClH/c1-2-3-4-7-13-23-14-12-22-11-6-5-8-19(22)21(23)15-17-9-10-18(24)16-20(17)22;/h9-10,16,19,21,24H,2-8,11-15H2,1H3;1H/t19-,21-,22+;/m0./s1. The van der Waals surface area contributed by atoms with Crippen molar-refractivity contribution in [2.45, 2.75) is 82.6 Å². The minimum atomic E-state index is 0. The molecule has 0 spiro atoms. The summed E-state index contributed by atoms with van der Waals surface area (Å²) in [6.45, 7) is 4.86. The molecule has 0 amide bonds. The van der Waals surface area contributed by atoms with Crippen LogP contribution in [0.1, 0.15) is 75.8 Å². The van der Waals surface area contributed by atoms with Crippen LogP contribution in [0, 0.1) is 5.92 Å². The summed E-state index contributed by atoms with van der Waals surface area (Å²) in [5, 5.41) is 10.1. The van der Waals surface area contributed by atoms with Gasteiger partial charge in [-0.15, -0.1) is 12.4 Å². The molecule has 1 aliphatic heterocycles. The topological polar surface area (TPSA) is 23.5 Å². The Morgan fingerprint density at radius 2 is 2.04 bits per heavy atom. The zero-order valence-corrected chi connectivity index (χ0v) is 16.5. The Balaban J connectivity index is 0.00000182. The van der Waals surface area contributed by atoms with E-state index in [1.165, 1.54) is 88.4 Å². The van der Waals surface area contributed by atoms with Gasteiger partial charge in [0.15, 0.2) is 0 Å². The van der Waals surface area contributed by atoms with Gasteiger partial charge in [0, 0.05) is 11.5 Å². The van der Waals surface area contributed by atoms with Crippen molar-refractivity contribution < 1.29 is 5.11 Å². The van der Waals surface area contributed by atoms with Crippen molar-refractivity contribution in [3.05, 3.63) is 29.3 Å². The Bertz CT molecular complexity index is 589. The number of piperidine rings is 1. The number of phenols is 1. The molecule has 3 aliphatic rings. The number of likely N-dealkylation sites (tertiary alicyclic amines) is 1. The van der Waals surface area contributed by atoms with Gasteiger partial charge >= 0.3 is 0 Å². The molecule has 1 heterocycles. The minimum Gasteiger partial charge on any atom is -0.508 e. The Morgan fingerprint density at radius 3 is 2.88 bits per heavy atom. The van der Waals surface area contributed by atoms with Crippen LogP contribution in [0.15, 0.2) is 18.2 Å². The fraction of sp³-hybridized carbons (Fsp3) is 0.727. The molecule has 1 aromatic carbocycles. The largest absolute Gasteiger partial charge is 0.508 e. The van der Waals surface area contributed by atoms with Gasteiger partial charge in [-0.1, -0.05) is 45.1 Å². The lowest BCUT2D eigenvalue weighted by molar-refractivity contribution is -0.0120. The van der Waals surface area contributed by atoms with Crippen LogP contribution >= 0.6 is 12.4 Å². The number of hydrogen-bond acceptors (Lipinski definition) is 2. The molecule has 4 rings (SSSR count). The summed E-state index contributed by atoms with van der Waals surface area (Å²) >= 11 is 0. The number of rotatable bonds is 5. The summed E-state index contributed by atoms with van der Waals surface area (Å²) in [6.07, 6.45) is 13.5. The van der Waals surface area contributed by atoms with Crippen LogP contribution in [0.25, 0.3) is 0 Å². The average Bonchev–Trinajstić information content (AvgIpc) is 2.61. The van der Waals surface area contributed by atoms with Crippen molar-refractivity contribution in [1.29, 1.82) is 0 Å². The highest BCUT2D eigenvalue weighted by atomic mass is 35.5. The number of fused-ring (bicyclic) bond motifs is 1. The number of benzene rings is 1. The lowest BCUT2D eigenvalue weighted by Crippen LogP contribution is -2.60. The van der Waals surface area contributed by atoms with Crippen LogP contribution in [-0.2, 0) is 11.8 Å². The SMILES string of the molecule is CCCCCCN1CC[C@]23CCCC[C@H]2[C@@H]1Cc1ccc(O)cc13.Cl. The monoisotopic (exact) mass is 363 g/mol. The number of halogens is 1. The van der Waals surface area contributed by atoms with Gasteiger partial charge < -0.3 is 5.11 Å². The summed E-state index contributed by atoms with van der Waals surface area (Å²) in [4.78, 5) is 2.83. The van der Waals surface area contributed by atoms with E-state index in [1.807, 2.05) is 6.07 Å². The van der Waals surface area contributed by atoms with Crippen LogP contribution in [-0.4, -0.2) is 29.1 Å². The van der Waals surface area contributed by atoms with E-state index in [4.69, 9.17) is 0 Å². The van der Waals surface area contributed by atoms with Crippen molar-refractivity contribution in [3.8, 4) is 5.75 Å². The first kappa shape index (κ1) is 19.0. The minimum absolute atomic E-state index is 0. The normalized spacial score (nSPS) is 30.9. The molecule has 3 atom stereocenters. The van der Waals surface area contributed by atoms with Crippen LogP contribution in [0.5, 0.6) is 5.75 Å². The van der Waals surface area contributed by atoms with Gasteiger partial charge in [0.2, 0.25) is 0 Å². The highest BCUT2D eigenvalue weighted by Gasteiger charge is 2.53. The fourth-order valence-corrected chi connectivity index (χ4v) is 6.09. The van der Waals surface area contributed by atoms with Gasteiger partial charge in [-0.05, 0) is 74.4 Å². The van der Waals surface area contributed by atoms with Gasteiger partial charge in [-0.2, -0.15) is 0 Å². The molecule has 1 saturated carbocycles. The molecular formula is C22H34ClNO. The molecule has 1 saturated heterocycles. The number of unbranched alkanes of at least 4 members (excludes halogenated alkanes) is 3. The van der Waals surface area contributed by atoms with Crippen molar-refractivity contribution in [3.63, 3.8) is 0 Å². The number of aromatic hydroxyl groups is 1. The zero-order valence-electron chi connectivity index (χ0n) is 15.7. The van der Waals surface area contributed by atoms with Crippen molar-refractivity contribution in [2.24, 2.45) is 5.92 Å². The summed E-state index contributed by atoms with van der Waals surface area (Å²) in [7, 11) is 0. The summed E-state index contributed by atoms with van der Waals surface area (Å²) < 4.78 is 0. The van der Waals surface area contributed by atoms with Gasteiger partial charge in [-0.25, -0.2) is 0 Å². The summed E-state index contributed by atoms with van der Waals surface area (Å²) in [6, 6.07) is 6.98. The van der Waals surface area contributed by atoms with E-state index in [2.05, 4.69) is 24.0 Å². The van der Waals surface area contributed by atoms with E-state index >= 15 is 0 Å². The Morgan fingerprint density at radius 1 is 1.16 bits per heavy atom. The quantitative estimate of drug-likeness (QED) is 0.703. The molecule has 1 N–H and O–H groups in total. The maximum atomic E-state index is 10.1. The number of phenolic OH excluding ortho intramolecular Hbond substituents is 1. The van der Waals surface area contributed by atoms with E-state index in [-0.39, 0.29) is 12.4 Å². The molecule has 0 unspecified atom stereocenters. The van der Waals surface area contributed by atoms with Crippen LogP contribution in [0.2, 0.25) is 0 Å². The highest BCUT2D eigenvalue weighted by molar-refractivity contribution is 5.85. The second-order valence-corrected chi connectivity index (χ2v) is 8.47. The zero-order chi connectivity index (χ0) is 16.6. The lowest BCUT2D eigenvalue weighted by Gasteiger charge is -2.59. The first-order valence-corrected chi connectivity index (χ1v) is 10.3. The smallest absolute Gasteiger partial charge is 0.115 e. The maximum absolute atomic E-state index is 10.1. The third-order valence-corrected chi connectivity index (χ3v) is 7.23. The summed E-state index contributed by atoms with van der Waals surface area (Å²) in [5.41, 5.74) is 3.40. The molecule has 2 bridgehead atoms. The predicted molar refractivity (Wildman–Crippen MR) is 107 cm³/mol. The average molecular weight is 364 g/mol. The number of hydrogen-bond donors (Lipinski definition) is 1. The van der Waals surface area contributed by atoms with E-state index in [9.17, 15) is 5.11 Å². The molecule has 25 heavy (non-hydrogen) atoms. The molecule has 2 nitrogen and oxygen atoms in total. The second kappa shape index (κ2) is 7.88. The van der Waals surface area contributed by atoms with E-state index < -0.39 is 0 Å².